The monoisotopic (exact) mass is 265 g/mol. The quantitative estimate of drug-likeness (QED) is 0.778. The number of nitrogens with zero attached hydrogens (tertiary/aromatic N) is 1. The first-order chi connectivity index (χ1) is 8.89. The summed E-state index contributed by atoms with van der Waals surface area (Å²) in [5.74, 6) is -0.433. The summed E-state index contributed by atoms with van der Waals surface area (Å²) >= 11 is 0. The largest absolute Gasteiger partial charge is 0.370 e. The first kappa shape index (κ1) is 14.1. The Hall–Kier alpha value is -1.33. The molecule has 5 heteroatoms. The lowest BCUT2D eigenvalue weighted by Crippen LogP contribution is -2.30. The molecule has 1 aromatic heterocycles. The molecule has 1 aromatic rings. The van der Waals surface area contributed by atoms with Gasteiger partial charge in [-0.15, -0.1) is 0 Å². The molecule has 0 aromatic carbocycles. The third-order valence-electron chi connectivity index (χ3n) is 3.65. The van der Waals surface area contributed by atoms with E-state index in [1.54, 1.807) is 0 Å². The van der Waals surface area contributed by atoms with E-state index in [0.29, 0.717) is 6.61 Å². The van der Waals surface area contributed by atoms with Crippen LogP contribution < -0.4 is 11.5 Å². The fourth-order valence-electron chi connectivity index (χ4n) is 2.84. The summed E-state index contributed by atoms with van der Waals surface area (Å²) in [7, 11) is 0. The van der Waals surface area contributed by atoms with E-state index < -0.39 is 5.91 Å². The highest BCUT2D eigenvalue weighted by atomic mass is 16.5. The number of ether oxygens (including phenoxy) is 1. The number of carbonyl (C=O) groups excluding carboxylic acids is 1. The van der Waals surface area contributed by atoms with Crippen LogP contribution in [0.5, 0.6) is 0 Å². The van der Waals surface area contributed by atoms with Gasteiger partial charge in [0.2, 0.25) is 5.91 Å². The van der Waals surface area contributed by atoms with Gasteiger partial charge in [0.15, 0.2) is 0 Å². The van der Waals surface area contributed by atoms with Crippen molar-refractivity contribution in [3.8, 4) is 0 Å². The van der Waals surface area contributed by atoms with Crippen LogP contribution in [0.3, 0.4) is 0 Å². The van der Waals surface area contributed by atoms with Crippen molar-refractivity contribution in [2.24, 2.45) is 16.9 Å². The van der Waals surface area contributed by atoms with Crippen LogP contribution in [0.2, 0.25) is 0 Å². The smallest absolute Gasteiger partial charge is 0.243 e. The van der Waals surface area contributed by atoms with Gasteiger partial charge >= 0.3 is 0 Å². The summed E-state index contributed by atoms with van der Waals surface area (Å²) in [5.41, 5.74) is 14.0. The highest BCUT2D eigenvalue weighted by molar-refractivity contribution is 5.74. The van der Waals surface area contributed by atoms with Gasteiger partial charge in [-0.05, 0) is 29.9 Å². The summed E-state index contributed by atoms with van der Waals surface area (Å²) in [6.07, 6.45) is 4.10. The van der Waals surface area contributed by atoms with Crippen LogP contribution in [0.25, 0.3) is 0 Å². The predicted octanol–water partition coefficient (Wildman–Crippen LogP) is 0.962. The molecule has 1 atom stereocenters. The summed E-state index contributed by atoms with van der Waals surface area (Å²) < 4.78 is 7.39. The molecule has 0 saturated heterocycles. The fourth-order valence-corrected chi connectivity index (χ4v) is 2.84. The Balaban J connectivity index is 2.02. The van der Waals surface area contributed by atoms with E-state index in [0.717, 1.165) is 19.4 Å². The number of carbonyl (C=O) groups is 1. The summed E-state index contributed by atoms with van der Waals surface area (Å²) in [6.45, 7) is 5.69. The Morgan fingerprint density at radius 3 is 3.00 bits per heavy atom. The van der Waals surface area contributed by atoms with Crippen molar-refractivity contribution < 1.29 is 9.53 Å². The average Bonchev–Trinajstić information content (AvgIpc) is 2.66. The van der Waals surface area contributed by atoms with Crippen LogP contribution in [0, 0.1) is 5.41 Å². The van der Waals surface area contributed by atoms with E-state index in [2.05, 4.69) is 30.7 Å². The minimum absolute atomic E-state index is 0.0194. The molecule has 5 nitrogen and oxygen atoms in total. The molecular weight excluding hydrogens is 242 g/mol. The minimum atomic E-state index is -0.433. The van der Waals surface area contributed by atoms with E-state index in [1.165, 1.54) is 11.3 Å². The molecule has 0 radical (unpaired) electrons. The zero-order chi connectivity index (χ0) is 14.0. The van der Waals surface area contributed by atoms with Gasteiger partial charge < -0.3 is 20.8 Å². The number of amides is 1. The third kappa shape index (κ3) is 3.36. The van der Waals surface area contributed by atoms with Crippen LogP contribution in [0.4, 0.5) is 0 Å². The van der Waals surface area contributed by atoms with Gasteiger partial charge in [0.25, 0.3) is 0 Å². The van der Waals surface area contributed by atoms with Crippen molar-refractivity contribution >= 4 is 5.91 Å². The second kappa shape index (κ2) is 5.35. The normalized spacial score (nSPS) is 21.1. The van der Waals surface area contributed by atoms with Gasteiger partial charge in [0.1, 0.15) is 6.61 Å². The molecule has 0 fully saturated rings. The Bertz CT molecular complexity index is 465. The molecular formula is C14H23N3O2. The van der Waals surface area contributed by atoms with Gasteiger partial charge in [0.05, 0.1) is 6.61 Å². The summed E-state index contributed by atoms with van der Waals surface area (Å²) in [4.78, 5) is 10.6. The molecule has 1 heterocycles. The van der Waals surface area contributed by atoms with E-state index >= 15 is 0 Å². The number of nitrogens with two attached hydrogens (primary N) is 2. The van der Waals surface area contributed by atoms with Crippen molar-refractivity contribution in [3.63, 3.8) is 0 Å². The predicted molar refractivity (Wildman–Crippen MR) is 73.5 cm³/mol. The van der Waals surface area contributed by atoms with Crippen LogP contribution in [0.15, 0.2) is 12.3 Å². The summed E-state index contributed by atoms with van der Waals surface area (Å²) in [6, 6.07) is 2.22. The zero-order valence-electron chi connectivity index (χ0n) is 11.7. The maximum atomic E-state index is 10.6. The highest BCUT2D eigenvalue weighted by Gasteiger charge is 2.32. The maximum Gasteiger partial charge on any atom is 0.243 e. The fraction of sp³-hybridized carbons (Fsp3) is 0.643. The average molecular weight is 265 g/mol. The van der Waals surface area contributed by atoms with Gasteiger partial charge in [-0.2, -0.15) is 0 Å². The molecule has 2 rings (SSSR count). The van der Waals surface area contributed by atoms with Crippen molar-refractivity contribution in [2.45, 2.75) is 39.3 Å². The molecule has 4 N–H and O–H groups in total. The van der Waals surface area contributed by atoms with E-state index in [1.807, 2.05) is 0 Å². The second-order valence-corrected chi connectivity index (χ2v) is 6.08. The minimum Gasteiger partial charge on any atom is -0.370 e. The second-order valence-electron chi connectivity index (χ2n) is 6.08. The van der Waals surface area contributed by atoms with Crippen molar-refractivity contribution in [2.75, 3.05) is 13.2 Å². The number of fused-ring (bicyclic) bond motifs is 1. The molecule has 0 spiro atoms. The van der Waals surface area contributed by atoms with Crippen molar-refractivity contribution in [1.29, 1.82) is 0 Å². The first-order valence-corrected chi connectivity index (χ1v) is 6.68. The number of primary amides is 1. The van der Waals surface area contributed by atoms with Crippen molar-refractivity contribution in [3.05, 3.63) is 23.5 Å². The SMILES string of the molecule is CC1(C)Cc2c(ccn2CCOCC(N)=O)C(N)C1. The van der Waals surface area contributed by atoms with Crippen molar-refractivity contribution in [1.82, 2.24) is 4.57 Å². The lowest BCUT2D eigenvalue weighted by atomic mass is 9.74. The number of aromatic nitrogens is 1. The molecule has 1 amide bonds. The topological polar surface area (TPSA) is 83.3 Å². The van der Waals surface area contributed by atoms with Crippen LogP contribution in [-0.4, -0.2) is 23.7 Å². The Labute approximate surface area is 113 Å². The summed E-state index contributed by atoms with van der Waals surface area (Å²) in [5, 5.41) is 0. The van der Waals surface area contributed by atoms with Gasteiger partial charge in [-0.25, -0.2) is 0 Å². The van der Waals surface area contributed by atoms with E-state index in [-0.39, 0.29) is 18.1 Å². The Morgan fingerprint density at radius 1 is 1.58 bits per heavy atom. The number of hydrogen-bond donors (Lipinski definition) is 2. The molecule has 19 heavy (non-hydrogen) atoms. The Morgan fingerprint density at radius 2 is 2.32 bits per heavy atom. The lowest BCUT2D eigenvalue weighted by Gasteiger charge is -2.34. The zero-order valence-corrected chi connectivity index (χ0v) is 11.7. The number of hydrogen-bond acceptors (Lipinski definition) is 3. The van der Waals surface area contributed by atoms with Gasteiger partial charge in [-0.3, -0.25) is 4.79 Å². The highest BCUT2D eigenvalue weighted by Crippen LogP contribution is 2.39. The van der Waals surface area contributed by atoms with Gasteiger partial charge in [-0.1, -0.05) is 13.8 Å². The maximum absolute atomic E-state index is 10.6. The van der Waals surface area contributed by atoms with Crippen LogP contribution >= 0.6 is 0 Å². The molecule has 106 valence electrons. The standard InChI is InChI=1S/C14H23N3O2/c1-14(2)7-11(15)10-3-4-17(12(10)8-14)5-6-19-9-13(16)18/h3-4,11H,5-9,15H2,1-2H3,(H2,16,18). The molecule has 1 aliphatic rings. The molecule has 0 aliphatic heterocycles. The Kier molecular flexibility index (Phi) is 3.96. The molecule has 0 saturated carbocycles. The first-order valence-electron chi connectivity index (χ1n) is 6.68. The number of rotatable bonds is 5. The van der Waals surface area contributed by atoms with Crippen LogP contribution in [0.1, 0.15) is 37.6 Å². The lowest BCUT2D eigenvalue weighted by molar-refractivity contribution is -0.122. The molecule has 0 bridgehead atoms. The van der Waals surface area contributed by atoms with E-state index in [4.69, 9.17) is 16.2 Å². The van der Waals surface area contributed by atoms with Gasteiger partial charge in [0, 0.05) is 24.5 Å². The molecule has 1 aliphatic carbocycles. The molecule has 1 unspecified atom stereocenters. The van der Waals surface area contributed by atoms with E-state index in [9.17, 15) is 4.79 Å². The third-order valence-corrected chi connectivity index (χ3v) is 3.65. The van der Waals surface area contributed by atoms with Crippen LogP contribution in [-0.2, 0) is 22.5 Å².